The molecule has 1 aliphatic rings. The summed E-state index contributed by atoms with van der Waals surface area (Å²) in [5.41, 5.74) is 1.52. The molecule has 0 unspecified atom stereocenters. The summed E-state index contributed by atoms with van der Waals surface area (Å²) in [7, 11) is 0.559. The summed E-state index contributed by atoms with van der Waals surface area (Å²) in [5.74, 6) is -1.07. The number of benzene rings is 2. The maximum atomic E-state index is 13.2. The van der Waals surface area contributed by atoms with Crippen LogP contribution in [-0.4, -0.2) is 59.6 Å². The highest BCUT2D eigenvalue weighted by atomic mass is 32.2. The van der Waals surface area contributed by atoms with Crippen molar-refractivity contribution in [1.29, 1.82) is 0 Å². The number of carbonyl (C=O) groups excluding carboxylic acids is 2. The van der Waals surface area contributed by atoms with E-state index in [2.05, 4.69) is 0 Å². The van der Waals surface area contributed by atoms with Crippen LogP contribution < -0.4 is 9.04 Å². The van der Waals surface area contributed by atoms with Crippen LogP contribution in [0.1, 0.15) is 15.9 Å². The molecular weight excluding hydrogens is 396 g/mol. The Kier molecular flexibility index (Phi) is 5.78. The van der Waals surface area contributed by atoms with Crippen LogP contribution in [0, 0.1) is 0 Å². The number of hydrogen-bond donors (Lipinski definition) is 0. The van der Waals surface area contributed by atoms with Gasteiger partial charge in [0, 0.05) is 20.6 Å². The molecule has 0 saturated carbocycles. The zero-order chi connectivity index (χ0) is 21.2. The zero-order valence-electron chi connectivity index (χ0n) is 16.4. The van der Waals surface area contributed by atoms with E-state index in [0.717, 1.165) is 5.56 Å². The number of rotatable bonds is 6. The van der Waals surface area contributed by atoms with Gasteiger partial charge in [-0.1, -0.05) is 18.2 Å². The van der Waals surface area contributed by atoms with E-state index in [1.54, 1.807) is 12.1 Å². The number of hydrogen-bond acceptors (Lipinski definition) is 6. The average molecular weight is 418 g/mol. The molecule has 2 aromatic carbocycles. The highest BCUT2D eigenvalue weighted by molar-refractivity contribution is 7.92. The highest BCUT2D eigenvalue weighted by Gasteiger charge is 2.31. The highest BCUT2D eigenvalue weighted by Crippen LogP contribution is 2.34. The molecule has 0 aromatic heterocycles. The first-order valence-electron chi connectivity index (χ1n) is 8.91. The number of likely N-dealkylation sites (N-methyl/N-ethyl adjacent to an activating group) is 1. The van der Waals surface area contributed by atoms with Crippen LogP contribution in [0.3, 0.4) is 0 Å². The third-order valence-electron chi connectivity index (χ3n) is 4.65. The van der Waals surface area contributed by atoms with Crippen LogP contribution in [0.15, 0.2) is 47.4 Å². The second kappa shape index (κ2) is 8.12. The van der Waals surface area contributed by atoms with Crippen LogP contribution in [0.25, 0.3) is 0 Å². The number of esters is 1. The van der Waals surface area contributed by atoms with Gasteiger partial charge in [-0.2, -0.15) is 0 Å². The summed E-state index contributed by atoms with van der Waals surface area (Å²) in [5, 5.41) is 0. The van der Waals surface area contributed by atoms with Crippen molar-refractivity contribution >= 4 is 27.6 Å². The third kappa shape index (κ3) is 4.04. The molecule has 1 aliphatic heterocycles. The Bertz CT molecular complexity index is 1050. The molecular formula is C20H22N2O6S. The van der Waals surface area contributed by atoms with E-state index in [0.29, 0.717) is 18.7 Å². The summed E-state index contributed by atoms with van der Waals surface area (Å²) in [6.45, 7) is -0.129. The molecule has 8 nitrogen and oxygen atoms in total. The van der Waals surface area contributed by atoms with Gasteiger partial charge in [-0.3, -0.25) is 9.10 Å². The lowest BCUT2D eigenvalue weighted by Crippen LogP contribution is -2.29. The molecule has 0 bridgehead atoms. The molecule has 1 heterocycles. The number of carbonyl (C=O) groups is 2. The monoisotopic (exact) mass is 418 g/mol. The number of nitrogens with zero attached hydrogens (tertiary/aromatic N) is 2. The number of para-hydroxylation sites is 1. The zero-order valence-corrected chi connectivity index (χ0v) is 17.2. The topological polar surface area (TPSA) is 93.2 Å². The molecule has 0 N–H and O–H groups in total. The van der Waals surface area contributed by atoms with E-state index in [1.807, 2.05) is 12.1 Å². The maximum Gasteiger partial charge on any atom is 0.342 e. The first-order valence-corrected chi connectivity index (χ1v) is 10.4. The maximum absolute atomic E-state index is 13.2. The van der Waals surface area contributed by atoms with Crippen LogP contribution in [0.5, 0.6) is 5.75 Å². The summed E-state index contributed by atoms with van der Waals surface area (Å²) >= 11 is 0. The van der Waals surface area contributed by atoms with Gasteiger partial charge in [0.05, 0.1) is 17.7 Å². The Morgan fingerprint density at radius 1 is 1.14 bits per heavy atom. The predicted molar refractivity (Wildman–Crippen MR) is 107 cm³/mol. The fourth-order valence-electron chi connectivity index (χ4n) is 3.03. The number of anilines is 1. The van der Waals surface area contributed by atoms with Crippen LogP contribution in [-0.2, 0) is 26.0 Å². The molecule has 1 amide bonds. The predicted octanol–water partition coefficient (Wildman–Crippen LogP) is 1.69. The van der Waals surface area contributed by atoms with Crippen molar-refractivity contribution < 1.29 is 27.5 Å². The second-order valence-corrected chi connectivity index (χ2v) is 8.54. The summed E-state index contributed by atoms with van der Waals surface area (Å²) in [6.07, 6.45) is 0.618. The van der Waals surface area contributed by atoms with Crippen molar-refractivity contribution in [2.45, 2.75) is 11.3 Å². The van der Waals surface area contributed by atoms with Crippen LogP contribution in [0.4, 0.5) is 5.69 Å². The number of fused-ring (bicyclic) bond motifs is 1. The van der Waals surface area contributed by atoms with Crippen molar-refractivity contribution in [3.05, 3.63) is 53.6 Å². The summed E-state index contributed by atoms with van der Waals surface area (Å²) in [4.78, 5) is 25.4. The molecule has 0 aliphatic carbocycles. The van der Waals surface area contributed by atoms with Gasteiger partial charge in [0.25, 0.3) is 15.9 Å². The lowest BCUT2D eigenvalue weighted by Gasteiger charge is -2.20. The molecule has 0 radical (unpaired) electrons. The molecule has 0 spiro atoms. The Balaban J connectivity index is 1.92. The molecule has 9 heteroatoms. The average Bonchev–Trinajstić information content (AvgIpc) is 3.16. The van der Waals surface area contributed by atoms with Crippen molar-refractivity contribution in [3.63, 3.8) is 0 Å². The largest absolute Gasteiger partial charge is 0.496 e. The minimum absolute atomic E-state index is 0.0547. The Morgan fingerprint density at radius 2 is 1.86 bits per heavy atom. The van der Waals surface area contributed by atoms with E-state index < -0.39 is 28.5 Å². The van der Waals surface area contributed by atoms with E-state index in [-0.39, 0.29) is 16.2 Å². The van der Waals surface area contributed by atoms with Gasteiger partial charge < -0.3 is 14.4 Å². The van der Waals surface area contributed by atoms with E-state index in [9.17, 15) is 18.0 Å². The quantitative estimate of drug-likeness (QED) is 0.663. The van der Waals surface area contributed by atoms with Gasteiger partial charge in [-0.25, -0.2) is 13.2 Å². The molecule has 0 saturated heterocycles. The van der Waals surface area contributed by atoms with Crippen molar-refractivity contribution in [2.75, 3.05) is 38.7 Å². The normalized spacial score (nSPS) is 13.0. The fourth-order valence-corrected chi connectivity index (χ4v) is 4.56. The Labute approximate surface area is 169 Å². The molecule has 3 rings (SSSR count). The smallest absolute Gasteiger partial charge is 0.342 e. The van der Waals surface area contributed by atoms with Crippen molar-refractivity contribution in [3.8, 4) is 5.75 Å². The Morgan fingerprint density at radius 3 is 2.55 bits per heavy atom. The third-order valence-corrected chi connectivity index (χ3v) is 6.46. The number of amides is 1. The summed E-state index contributed by atoms with van der Waals surface area (Å²) in [6, 6.07) is 11.3. The van der Waals surface area contributed by atoms with E-state index >= 15 is 0 Å². The van der Waals surface area contributed by atoms with Crippen LogP contribution >= 0.6 is 0 Å². The van der Waals surface area contributed by atoms with Gasteiger partial charge in [0.15, 0.2) is 6.61 Å². The molecule has 0 atom stereocenters. The summed E-state index contributed by atoms with van der Waals surface area (Å²) < 4.78 is 37.9. The lowest BCUT2D eigenvalue weighted by molar-refractivity contribution is -0.131. The van der Waals surface area contributed by atoms with Crippen molar-refractivity contribution in [1.82, 2.24) is 4.90 Å². The van der Waals surface area contributed by atoms with Crippen molar-refractivity contribution in [2.24, 2.45) is 0 Å². The van der Waals surface area contributed by atoms with Gasteiger partial charge in [-0.15, -0.1) is 0 Å². The second-order valence-electron chi connectivity index (χ2n) is 6.68. The first-order chi connectivity index (χ1) is 13.8. The minimum atomic E-state index is -3.88. The van der Waals surface area contributed by atoms with E-state index in [4.69, 9.17) is 9.47 Å². The molecule has 154 valence electrons. The standard InChI is InChI=1S/C20H22N2O6S/c1-21(2)19(23)13-28-20(24)16-12-15(8-9-18(16)27-3)29(25,26)22-11-10-14-6-4-5-7-17(14)22/h4-9,12H,10-11,13H2,1-3H3. The Hall–Kier alpha value is -3.07. The number of ether oxygens (including phenoxy) is 2. The number of sulfonamides is 1. The van der Waals surface area contributed by atoms with Gasteiger partial charge in [0.1, 0.15) is 11.3 Å². The lowest BCUT2D eigenvalue weighted by atomic mass is 10.2. The minimum Gasteiger partial charge on any atom is -0.496 e. The number of methoxy groups -OCH3 is 1. The van der Waals surface area contributed by atoms with Crippen LogP contribution in [0.2, 0.25) is 0 Å². The SMILES string of the molecule is COc1ccc(S(=O)(=O)N2CCc3ccccc32)cc1C(=O)OCC(=O)N(C)C. The molecule has 2 aromatic rings. The molecule has 0 fully saturated rings. The fraction of sp³-hybridized carbons (Fsp3) is 0.300. The molecule has 29 heavy (non-hydrogen) atoms. The van der Waals surface area contributed by atoms with Gasteiger partial charge in [-0.05, 0) is 36.2 Å². The van der Waals surface area contributed by atoms with Gasteiger partial charge >= 0.3 is 5.97 Å². The van der Waals surface area contributed by atoms with E-state index in [1.165, 1.54) is 48.6 Å². The first kappa shape index (κ1) is 20.7. The van der Waals surface area contributed by atoms with Gasteiger partial charge in [0.2, 0.25) is 0 Å².